The van der Waals surface area contributed by atoms with Crippen LogP contribution in [0.3, 0.4) is 0 Å². The van der Waals surface area contributed by atoms with Gasteiger partial charge in [-0.2, -0.15) is 26.3 Å². The Labute approximate surface area is 118 Å². The Bertz CT molecular complexity index is 488. The molecule has 0 spiro atoms. The van der Waals surface area contributed by atoms with E-state index in [9.17, 15) is 43.2 Å². The molecule has 0 rings (SSSR count). The molecular weight excluding hydrogens is 350 g/mol. The number of sulfone groups is 2. The van der Waals surface area contributed by atoms with Gasteiger partial charge in [-0.25, -0.2) is 16.8 Å². The van der Waals surface area contributed by atoms with Crippen molar-refractivity contribution < 1.29 is 43.2 Å². The normalized spacial score (nSPS) is 14.7. The quantitative estimate of drug-likeness (QED) is 0.514. The van der Waals surface area contributed by atoms with Crippen molar-refractivity contribution in [3.05, 3.63) is 0 Å². The highest BCUT2D eigenvalue weighted by atomic mass is 32.3. The summed E-state index contributed by atoms with van der Waals surface area (Å²) in [6.07, 6.45) is -0.464. The molecule has 0 aromatic heterocycles. The molecule has 0 bridgehead atoms. The molecule has 0 unspecified atom stereocenters. The summed E-state index contributed by atoms with van der Waals surface area (Å²) in [7, 11) is -12.9. The van der Waals surface area contributed by atoms with E-state index in [1.807, 2.05) is 0 Å². The van der Waals surface area contributed by atoms with Crippen LogP contribution in [0.5, 0.6) is 0 Å². The van der Waals surface area contributed by atoms with Gasteiger partial charge in [0, 0.05) is 0 Å². The molecule has 0 aromatic carbocycles. The van der Waals surface area contributed by atoms with E-state index in [1.54, 1.807) is 6.92 Å². The van der Waals surface area contributed by atoms with Crippen molar-refractivity contribution >= 4 is 19.7 Å². The van der Waals surface area contributed by atoms with Crippen molar-refractivity contribution in [2.24, 2.45) is 0 Å². The lowest BCUT2D eigenvalue weighted by Crippen LogP contribution is -2.44. The summed E-state index contributed by atoms with van der Waals surface area (Å²) in [5.74, 6) is 0. The molecule has 0 atom stereocenters. The van der Waals surface area contributed by atoms with E-state index in [2.05, 4.69) is 0 Å². The highest BCUT2D eigenvalue weighted by molar-refractivity contribution is 8.09. The van der Waals surface area contributed by atoms with Gasteiger partial charge in [-0.3, -0.25) is 0 Å². The van der Waals surface area contributed by atoms with E-state index < -0.39 is 41.7 Å². The van der Waals surface area contributed by atoms with Crippen LogP contribution in [-0.2, 0) is 19.7 Å². The lowest BCUT2D eigenvalue weighted by atomic mass is 10.2. The smallest absolute Gasteiger partial charge is 0.218 e. The molecule has 0 saturated heterocycles. The monoisotopic (exact) mass is 364 g/mol. The van der Waals surface area contributed by atoms with Gasteiger partial charge in [-0.15, -0.1) is 0 Å². The molecule has 0 heterocycles. The topological polar surface area (TPSA) is 68.3 Å². The maximum Gasteiger partial charge on any atom is 0.498 e. The van der Waals surface area contributed by atoms with E-state index in [-0.39, 0.29) is 12.8 Å². The standard InChI is InChI=1S/C9H14F6O4S2/c1-2-3-4-5-6-7(20(16,17)8(10,11)12)21(18,19)9(13,14)15/h7H,2-6H2,1H3. The lowest BCUT2D eigenvalue weighted by Gasteiger charge is -2.20. The zero-order chi connectivity index (χ0) is 17.1. The third kappa shape index (κ3) is 4.73. The van der Waals surface area contributed by atoms with E-state index in [1.165, 1.54) is 0 Å². The van der Waals surface area contributed by atoms with Gasteiger partial charge in [0.05, 0.1) is 0 Å². The van der Waals surface area contributed by atoms with Gasteiger partial charge >= 0.3 is 11.0 Å². The molecule has 0 saturated carbocycles. The van der Waals surface area contributed by atoms with E-state index in [0.29, 0.717) is 12.8 Å². The third-order valence-electron chi connectivity index (χ3n) is 2.63. The van der Waals surface area contributed by atoms with Gasteiger partial charge in [-0.05, 0) is 6.42 Å². The summed E-state index contributed by atoms with van der Waals surface area (Å²) in [5, 5.41) is 0. The number of hydrogen-bond acceptors (Lipinski definition) is 4. The van der Waals surface area contributed by atoms with E-state index in [4.69, 9.17) is 0 Å². The second-order valence-corrected chi connectivity index (χ2v) is 8.80. The van der Waals surface area contributed by atoms with Crippen molar-refractivity contribution in [2.45, 2.75) is 54.6 Å². The Balaban J connectivity index is 5.63. The highest BCUT2D eigenvalue weighted by Crippen LogP contribution is 2.38. The maximum absolute atomic E-state index is 12.4. The first-order valence-corrected chi connectivity index (χ1v) is 8.89. The molecule has 12 heteroatoms. The first kappa shape index (κ1) is 20.5. The maximum atomic E-state index is 12.4. The summed E-state index contributed by atoms with van der Waals surface area (Å²) in [6, 6.07) is 0. The SMILES string of the molecule is CCCCCCC(S(=O)(=O)C(F)(F)F)S(=O)(=O)C(F)(F)F. The second kappa shape index (κ2) is 6.71. The number of unbranched alkanes of at least 4 members (excludes halogenated alkanes) is 3. The Kier molecular flexibility index (Phi) is 6.55. The van der Waals surface area contributed by atoms with Gasteiger partial charge < -0.3 is 0 Å². The Hall–Kier alpha value is -0.520. The van der Waals surface area contributed by atoms with Crippen molar-refractivity contribution in [3.63, 3.8) is 0 Å². The van der Waals surface area contributed by atoms with Crippen LogP contribution in [0.2, 0.25) is 0 Å². The van der Waals surface area contributed by atoms with Crippen LogP contribution in [0.25, 0.3) is 0 Å². The summed E-state index contributed by atoms with van der Waals surface area (Å²) >= 11 is 0. The molecule has 4 nitrogen and oxygen atoms in total. The average molecular weight is 364 g/mol. The number of alkyl halides is 6. The molecule has 0 aliphatic carbocycles. The Morgan fingerprint density at radius 3 is 1.43 bits per heavy atom. The van der Waals surface area contributed by atoms with E-state index in [0.717, 1.165) is 0 Å². The highest BCUT2D eigenvalue weighted by Gasteiger charge is 2.62. The zero-order valence-corrected chi connectivity index (χ0v) is 12.5. The van der Waals surface area contributed by atoms with Crippen molar-refractivity contribution in [2.75, 3.05) is 0 Å². The molecule has 0 amide bonds. The molecular formula is C9H14F6O4S2. The predicted molar refractivity (Wildman–Crippen MR) is 62.5 cm³/mol. The largest absolute Gasteiger partial charge is 0.498 e. The van der Waals surface area contributed by atoms with Crippen molar-refractivity contribution in [3.8, 4) is 0 Å². The fourth-order valence-electron chi connectivity index (χ4n) is 1.51. The number of rotatable bonds is 7. The van der Waals surface area contributed by atoms with Crippen LogP contribution in [0.4, 0.5) is 26.3 Å². The molecule has 21 heavy (non-hydrogen) atoms. The minimum Gasteiger partial charge on any atom is -0.218 e. The van der Waals surface area contributed by atoms with Crippen molar-refractivity contribution in [1.82, 2.24) is 0 Å². The molecule has 0 aliphatic heterocycles. The first-order valence-electron chi connectivity index (χ1n) is 5.80. The minimum atomic E-state index is -6.47. The zero-order valence-electron chi connectivity index (χ0n) is 10.8. The lowest BCUT2D eigenvalue weighted by molar-refractivity contribution is -0.0472. The third-order valence-corrected chi connectivity index (χ3v) is 7.30. The summed E-state index contributed by atoms with van der Waals surface area (Å²) in [5.41, 5.74) is -12.1. The summed E-state index contributed by atoms with van der Waals surface area (Å²) in [6.45, 7) is 1.70. The average Bonchev–Trinajstić information content (AvgIpc) is 2.25. The number of hydrogen-bond donors (Lipinski definition) is 0. The molecule has 0 N–H and O–H groups in total. The fraction of sp³-hybridized carbons (Fsp3) is 1.00. The Morgan fingerprint density at radius 1 is 0.762 bits per heavy atom. The van der Waals surface area contributed by atoms with Gasteiger partial charge in [0.2, 0.25) is 0 Å². The van der Waals surface area contributed by atoms with Gasteiger partial charge in [0.15, 0.2) is 4.58 Å². The molecule has 0 fully saturated rings. The van der Waals surface area contributed by atoms with Crippen LogP contribution in [0.15, 0.2) is 0 Å². The predicted octanol–water partition coefficient (Wildman–Crippen LogP) is 3.15. The minimum absolute atomic E-state index is 0.133. The molecule has 0 aromatic rings. The second-order valence-electron chi connectivity index (χ2n) is 4.26. The van der Waals surface area contributed by atoms with Crippen LogP contribution in [-0.4, -0.2) is 32.4 Å². The number of halogens is 6. The summed E-state index contributed by atoms with van der Waals surface area (Å²) < 4.78 is 115. The van der Waals surface area contributed by atoms with Crippen LogP contribution >= 0.6 is 0 Å². The molecule has 128 valence electrons. The fourth-order valence-corrected chi connectivity index (χ4v) is 5.05. The Morgan fingerprint density at radius 2 is 1.14 bits per heavy atom. The molecule has 0 radical (unpaired) electrons. The van der Waals surface area contributed by atoms with Gasteiger partial charge in [-0.1, -0.05) is 32.6 Å². The van der Waals surface area contributed by atoms with E-state index >= 15 is 0 Å². The first-order chi connectivity index (χ1) is 9.19. The van der Waals surface area contributed by atoms with Crippen molar-refractivity contribution in [1.29, 1.82) is 0 Å². The van der Waals surface area contributed by atoms with Crippen LogP contribution in [0.1, 0.15) is 39.0 Å². The van der Waals surface area contributed by atoms with Crippen LogP contribution in [0, 0.1) is 0 Å². The molecule has 0 aliphatic rings. The van der Waals surface area contributed by atoms with Gasteiger partial charge in [0.25, 0.3) is 19.7 Å². The van der Waals surface area contributed by atoms with Gasteiger partial charge in [0.1, 0.15) is 0 Å². The summed E-state index contributed by atoms with van der Waals surface area (Å²) in [4.78, 5) is 0. The van der Waals surface area contributed by atoms with Crippen LogP contribution < -0.4 is 0 Å².